The number of nitrogens with one attached hydrogen (secondary N) is 3. The third kappa shape index (κ3) is 4.14. The van der Waals surface area contributed by atoms with Crippen LogP contribution in [-0.2, 0) is 0 Å². The van der Waals surface area contributed by atoms with Gasteiger partial charge in [0.15, 0.2) is 0 Å². The number of hydrogen-bond donors (Lipinski definition) is 3. The van der Waals surface area contributed by atoms with E-state index < -0.39 is 0 Å². The first kappa shape index (κ1) is 14.7. The van der Waals surface area contributed by atoms with E-state index in [1.807, 2.05) is 49.4 Å². The Bertz CT molecular complexity index is 600. The maximum Gasteiger partial charge on any atom is 0.319 e. The van der Waals surface area contributed by atoms with Gasteiger partial charge >= 0.3 is 6.03 Å². The summed E-state index contributed by atoms with van der Waals surface area (Å²) in [5, 5.41) is 8.71. The molecule has 0 fully saturated rings. The minimum absolute atomic E-state index is 0.250. The minimum Gasteiger partial charge on any atom is -0.494 e. The number of urea groups is 1. The Labute approximate surface area is 124 Å². The van der Waals surface area contributed by atoms with Crippen LogP contribution in [-0.4, -0.2) is 19.7 Å². The number of methoxy groups -OCH3 is 1. The maximum absolute atomic E-state index is 11.6. The van der Waals surface area contributed by atoms with Crippen molar-refractivity contribution < 1.29 is 9.53 Å². The van der Waals surface area contributed by atoms with Gasteiger partial charge in [0.1, 0.15) is 5.75 Å². The summed E-state index contributed by atoms with van der Waals surface area (Å²) in [5.74, 6) is 0.599. The first-order chi connectivity index (χ1) is 10.2. The van der Waals surface area contributed by atoms with Crippen LogP contribution in [0.4, 0.5) is 21.9 Å². The number of rotatable bonds is 5. The van der Waals surface area contributed by atoms with E-state index in [0.717, 1.165) is 11.4 Å². The molecule has 0 unspecified atom stereocenters. The number of ether oxygens (including phenoxy) is 1. The maximum atomic E-state index is 11.6. The molecular formula is C16H19N3O2. The van der Waals surface area contributed by atoms with Gasteiger partial charge in [-0.05, 0) is 31.2 Å². The lowest BCUT2D eigenvalue weighted by molar-refractivity contribution is 0.252. The molecule has 0 aliphatic heterocycles. The van der Waals surface area contributed by atoms with E-state index in [0.29, 0.717) is 18.0 Å². The molecule has 0 radical (unpaired) electrons. The number of para-hydroxylation sites is 1. The van der Waals surface area contributed by atoms with Crippen LogP contribution in [0.2, 0.25) is 0 Å². The van der Waals surface area contributed by atoms with E-state index in [2.05, 4.69) is 16.0 Å². The molecule has 5 heteroatoms. The molecule has 0 heterocycles. The van der Waals surface area contributed by atoms with Crippen molar-refractivity contribution in [2.75, 3.05) is 24.3 Å². The van der Waals surface area contributed by atoms with E-state index in [-0.39, 0.29) is 6.03 Å². The van der Waals surface area contributed by atoms with Crippen LogP contribution >= 0.6 is 0 Å². The van der Waals surface area contributed by atoms with Gasteiger partial charge in [-0.25, -0.2) is 4.79 Å². The van der Waals surface area contributed by atoms with Gasteiger partial charge < -0.3 is 20.7 Å². The summed E-state index contributed by atoms with van der Waals surface area (Å²) < 4.78 is 5.32. The molecule has 0 aromatic heterocycles. The van der Waals surface area contributed by atoms with Crippen molar-refractivity contribution in [1.82, 2.24) is 5.32 Å². The summed E-state index contributed by atoms with van der Waals surface area (Å²) in [6, 6.07) is 15.1. The van der Waals surface area contributed by atoms with E-state index in [1.165, 1.54) is 0 Å². The third-order valence-electron chi connectivity index (χ3n) is 2.85. The van der Waals surface area contributed by atoms with Gasteiger partial charge in [-0.1, -0.05) is 18.2 Å². The molecular weight excluding hydrogens is 266 g/mol. The van der Waals surface area contributed by atoms with Crippen LogP contribution in [0.5, 0.6) is 5.75 Å². The topological polar surface area (TPSA) is 62.4 Å². The molecule has 2 amide bonds. The van der Waals surface area contributed by atoms with Crippen molar-refractivity contribution in [3.8, 4) is 5.75 Å². The van der Waals surface area contributed by atoms with Crippen LogP contribution < -0.4 is 20.7 Å². The first-order valence-electron chi connectivity index (χ1n) is 6.78. The summed E-state index contributed by atoms with van der Waals surface area (Å²) in [5.41, 5.74) is 2.51. The zero-order chi connectivity index (χ0) is 15.1. The van der Waals surface area contributed by atoms with Gasteiger partial charge in [-0.15, -0.1) is 0 Å². The van der Waals surface area contributed by atoms with Crippen molar-refractivity contribution in [3.05, 3.63) is 48.5 Å². The van der Waals surface area contributed by atoms with Crippen LogP contribution in [0.25, 0.3) is 0 Å². The first-order valence-corrected chi connectivity index (χ1v) is 6.78. The molecule has 0 saturated heterocycles. The van der Waals surface area contributed by atoms with Crippen LogP contribution in [0.15, 0.2) is 48.5 Å². The molecule has 2 aromatic carbocycles. The Morgan fingerprint density at radius 1 is 1.10 bits per heavy atom. The highest BCUT2D eigenvalue weighted by Gasteiger charge is 2.07. The molecule has 21 heavy (non-hydrogen) atoms. The Kier molecular flexibility index (Phi) is 5.04. The second-order valence-corrected chi connectivity index (χ2v) is 4.39. The second kappa shape index (κ2) is 7.19. The lowest BCUT2D eigenvalue weighted by Gasteiger charge is -2.13. The summed E-state index contributed by atoms with van der Waals surface area (Å²) in [6.45, 7) is 2.44. The van der Waals surface area contributed by atoms with Crippen molar-refractivity contribution >= 4 is 23.1 Å². The summed E-state index contributed by atoms with van der Waals surface area (Å²) in [6.07, 6.45) is 0. The predicted molar refractivity (Wildman–Crippen MR) is 85.4 cm³/mol. The van der Waals surface area contributed by atoms with Gasteiger partial charge in [0.25, 0.3) is 0 Å². The fourth-order valence-electron chi connectivity index (χ4n) is 1.89. The number of amides is 2. The Hall–Kier alpha value is -2.69. The highest BCUT2D eigenvalue weighted by atomic mass is 16.5. The van der Waals surface area contributed by atoms with Crippen LogP contribution in [0.1, 0.15) is 6.92 Å². The Balaban J connectivity index is 2.14. The quantitative estimate of drug-likeness (QED) is 0.787. The van der Waals surface area contributed by atoms with Crippen molar-refractivity contribution in [2.45, 2.75) is 6.92 Å². The van der Waals surface area contributed by atoms with E-state index in [4.69, 9.17) is 4.74 Å². The molecule has 0 saturated carbocycles. The van der Waals surface area contributed by atoms with Crippen LogP contribution in [0, 0.1) is 0 Å². The number of anilines is 3. The fraction of sp³-hybridized carbons (Fsp3) is 0.188. The molecule has 0 aliphatic carbocycles. The lowest BCUT2D eigenvalue weighted by atomic mass is 10.2. The number of benzene rings is 2. The van der Waals surface area contributed by atoms with Gasteiger partial charge in [-0.2, -0.15) is 0 Å². The fourth-order valence-corrected chi connectivity index (χ4v) is 1.89. The molecule has 0 aliphatic rings. The van der Waals surface area contributed by atoms with Crippen LogP contribution in [0.3, 0.4) is 0 Å². The molecule has 110 valence electrons. The summed E-state index contributed by atoms with van der Waals surface area (Å²) in [7, 11) is 1.57. The third-order valence-corrected chi connectivity index (χ3v) is 2.85. The number of hydrogen-bond acceptors (Lipinski definition) is 3. The average Bonchev–Trinajstić information content (AvgIpc) is 2.50. The van der Waals surface area contributed by atoms with E-state index >= 15 is 0 Å². The highest BCUT2D eigenvalue weighted by Crippen LogP contribution is 2.29. The number of carbonyl (C=O) groups is 1. The van der Waals surface area contributed by atoms with Crippen molar-refractivity contribution in [3.63, 3.8) is 0 Å². The molecule has 2 aromatic rings. The zero-order valence-electron chi connectivity index (χ0n) is 12.1. The van der Waals surface area contributed by atoms with Gasteiger partial charge in [-0.3, -0.25) is 0 Å². The van der Waals surface area contributed by atoms with Crippen molar-refractivity contribution in [1.29, 1.82) is 0 Å². The zero-order valence-corrected chi connectivity index (χ0v) is 12.1. The van der Waals surface area contributed by atoms with Gasteiger partial charge in [0.2, 0.25) is 0 Å². The molecule has 5 nitrogen and oxygen atoms in total. The Morgan fingerprint density at radius 2 is 1.86 bits per heavy atom. The second-order valence-electron chi connectivity index (χ2n) is 4.39. The van der Waals surface area contributed by atoms with Crippen molar-refractivity contribution in [2.24, 2.45) is 0 Å². The Morgan fingerprint density at radius 3 is 2.52 bits per heavy atom. The molecule has 3 N–H and O–H groups in total. The van der Waals surface area contributed by atoms with E-state index in [1.54, 1.807) is 13.2 Å². The molecule has 0 bridgehead atoms. The normalized spacial score (nSPS) is 9.81. The average molecular weight is 285 g/mol. The van der Waals surface area contributed by atoms with Gasteiger partial charge in [0, 0.05) is 24.0 Å². The molecule has 0 spiro atoms. The predicted octanol–water partition coefficient (Wildman–Crippen LogP) is 3.58. The highest BCUT2D eigenvalue weighted by molar-refractivity contribution is 5.91. The summed E-state index contributed by atoms with van der Waals surface area (Å²) in [4.78, 5) is 11.6. The minimum atomic E-state index is -0.250. The lowest BCUT2D eigenvalue weighted by Crippen LogP contribution is -2.28. The smallest absolute Gasteiger partial charge is 0.319 e. The molecule has 2 rings (SSSR count). The number of carbonyl (C=O) groups excluding carboxylic acids is 1. The molecule has 0 atom stereocenters. The monoisotopic (exact) mass is 285 g/mol. The van der Waals surface area contributed by atoms with Gasteiger partial charge in [0.05, 0.1) is 12.8 Å². The largest absolute Gasteiger partial charge is 0.494 e. The standard InChI is InChI=1S/C16H19N3O2/c1-3-17-16(20)19-14-10-9-13(11-15(14)21-2)18-12-7-5-4-6-8-12/h4-11,18H,3H2,1-2H3,(H2,17,19,20). The summed E-state index contributed by atoms with van der Waals surface area (Å²) >= 11 is 0. The van der Waals surface area contributed by atoms with E-state index in [9.17, 15) is 4.79 Å². The SMILES string of the molecule is CCNC(=O)Nc1ccc(Nc2ccccc2)cc1OC.